The number of rotatable bonds is 6. The van der Waals surface area contributed by atoms with Crippen LogP contribution < -0.4 is 4.74 Å². The second kappa shape index (κ2) is 9.14. The van der Waals surface area contributed by atoms with E-state index in [-0.39, 0.29) is 17.7 Å². The van der Waals surface area contributed by atoms with Crippen LogP contribution in [0.4, 0.5) is 0 Å². The van der Waals surface area contributed by atoms with Crippen molar-refractivity contribution < 1.29 is 14.6 Å². The number of aryl methyl sites for hydroxylation is 1. The van der Waals surface area contributed by atoms with Crippen molar-refractivity contribution in [1.82, 2.24) is 14.8 Å². The van der Waals surface area contributed by atoms with Crippen LogP contribution in [0.2, 0.25) is 0 Å². The molecule has 0 radical (unpaired) electrons. The Morgan fingerprint density at radius 1 is 1.34 bits per heavy atom. The number of amides is 1. The Hall–Kier alpha value is -2.54. The average molecular weight is 456 g/mol. The second-order valence-electron chi connectivity index (χ2n) is 8.78. The first kappa shape index (κ1) is 22.6. The molecule has 2 N–H and O–H groups in total. The fraction of sp³-hybridized carbons (Fsp3) is 0.400. The lowest BCUT2D eigenvalue weighted by Gasteiger charge is -2.28. The van der Waals surface area contributed by atoms with Gasteiger partial charge in [-0.2, -0.15) is 0 Å². The van der Waals surface area contributed by atoms with Crippen molar-refractivity contribution in [3.05, 3.63) is 70.2 Å². The summed E-state index contributed by atoms with van der Waals surface area (Å²) in [7, 11) is 5.68. The summed E-state index contributed by atoms with van der Waals surface area (Å²) < 4.78 is 5.18. The van der Waals surface area contributed by atoms with Gasteiger partial charge in [0.25, 0.3) is 5.91 Å². The summed E-state index contributed by atoms with van der Waals surface area (Å²) in [5.41, 5.74) is 5.91. The van der Waals surface area contributed by atoms with Crippen LogP contribution in [-0.2, 0) is 11.3 Å². The Balaban J connectivity index is 1.65. The number of benzene rings is 1. The highest BCUT2D eigenvalue weighted by atomic mass is 35.5. The lowest BCUT2D eigenvalue weighted by molar-refractivity contribution is -0.123. The monoisotopic (exact) mass is 455 g/mol. The topological polar surface area (TPSA) is 68.8 Å². The molecule has 0 spiro atoms. The fourth-order valence-electron chi connectivity index (χ4n) is 4.82. The van der Waals surface area contributed by atoms with Gasteiger partial charge < -0.3 is 24.6 Å². The van der Waals surface area contributed by atoms with E-state index in [9.17, 15) is 9.90 Å². The van der Waals surface area contributed by atoms with Gasteiger partial charge >= 0.3 is 0 Å². The third kappa shape index (κ3) is 4.10. The molecular formula is C25H30ClN3O3. The van der Waals surface area contributed by atoms with Crippen molar-refractivity contribution in [2.24, 2.45) is 5.92 Å². The number of aliphatic hydroxyl groups is 1. The molecule has 2 unspecified atom stereocenters. The number of carbonyl (C=O) groups is 1. The number of aromatic amines is 1. The molecule has 1 aromatic carbocycles. The van der Waals surface area contributed by atoms with Crippen LogP contribution in [0.3, 0.4) is 0 Å². The molecule has 1 fully saturated rings. The van der Waals surface area contributed by atoms with Crippen molar-refractivity contribution in [2.45, 2.75) is 25.5 Å². The van der Waals surface area contributed by atoms with Crippen LogP contribution in [0.1, 0.15) is 40.1 Å². The summed E-state index contributed by atoms with van der Waals surface area (Å²) in [6.07, 6.45) is 4.41. The first-order valence-corrected chi connectivity index (χ1v) is 11.3. The summed E-state index contributed by atoms with van der Waals surface area (Å²) in [6.45, 7) is 3.33. The number of methoxy groups -OCH3 is 1. The van der Waals surface area contributed by atoms with Gasteiger partial charge in [0, 0.05) is 48.3 Å². The summed E-state index contributed by atoms with van der Waals surface area (Å²) in [6, 6.07) is 7.54. The van der Waals surface area contributed by atoms with Crippen molar-refractivity contribution >= 4 is 23.6 Å². The van der Waals surface area contributed by atoms with E-state index in [4.69, 9.17) is 16.3 Å². The molecule has 1 saturated heterocycles. The number of nitrogens with zero attached hydrogens (tertiary/aromatic N) is 2. The van der Waals surface area contributed by atoms with Gasteiger partial charge in [-0.25, -0.2) is 0 Å². The molecule has 32 heavy (non-hydrogen) atoms. The summed E-state index contributed by atoms with van der Waals surface area (Å²) in [5, 5.41) is 10.9. The van der Waals surface area contributed by atoms with Gasteiger partial charge in [0.2, 0.25) is 0 Å². The molecule has 1 aliphatic heterocycles. The predicted octanol–water partition coefficient (Wildman–Crippen LogP) is 3.82. The summed E-state index contributed by atoms with van der Waals surface area (Å²) in [5.74, 6) is 1.18. The quantitative estimate of drug-likeness (QED) is 0.513. The minimum absolute atomic E-state index is 0.0101. The smallest absolute Gasteiger partial charge is 0.250 e. The van der Waals surface area contributed by atoms with Crippen LogP contribution in [0.15, 0.2) is 42.1 Å². The van der Waals surface area contributed by atoms with Gasteiger partial charge in [-0.3, -0.25) is 4.79 Å². The number of H-pyrrole nitrogens is 1. The maximum Gasteiger partial charge on any atom is 0.250 e. The molecule has 6 nitrogen and oxygen atoms in total. The summed E-state index contributed by atoms with van der Waals surface area (Å²) in [4.78, 5) is 20.4. The van der Waals surface area contributed by atoms with Gasteiger partial charge in [-0.15, -0.1) is 11.6 Å². The first-order chi connectivity index (χ1) is 15.3. The van der Waals surface area contributed by atoms with Crippen molar-refractivity contribution in [1.29, 1.82) is 0 Å². The lowest BCUT2D eigenvalue weighted by atomic mass is 9.80. The molecule has 0 bridgehead atoms. The zero-order chi connectivity index (χ0) is 23.0. The Morgan fingerprint density at radius 2 is 2.06 bits per heavy atom. The van der Waals surface area contributed by atoms with Crippen LogP contribution in [0.5, 0.6) is 5.75 Å². The van der Waals surface area contributed by atoms with Crippen LogP contribution in [0, 0.1) is 12.8 Å². The highest BCUT2D eigenvalue weighted by Crippen LogP contribution is 2.50. The van der Waals surface area contributed by atoms with Gasteiger partial charge in [0.15, 0.2) is 0 Å². The predicted molar refractivity (Wildman–Crippen MR) is 127 cm³/mol. The van der Waals surface area contributed by atoms with E-state index in [1.54, 1.807) is 30.2 Å². The van der Waals surface area contributed by atoms with Gasteiger partial charge in [-0.05, 0) is 62.0 Å². The number of alkyl halides is 1. The highest BCUT2D eigenvalue weighted by molar-refractivity contribution is 6.18. The average Bonchev–Trinajstić information content (AvgIpc) is 3.30. The fourth-order valence-corrected chi connectivity index (χ4v) is 5.10. The number of fused-ring (bicyclic) bond motifs is 3. The normalized spacial score (nSPS) is 22.3. The number of aliphatic hydroxyl groups excluding tert-OH is 1. The number of allylic oxidation sites excluding steroid dienone is 1. The van der Waals surface area contributed by atoms with E-state index in [2.05, 4.69) is 9.88 Å². The number of carbonyl (C=O) groups excluding carboxylic acids is 1. The third-order valence-corrected chi connectivity index (χ3v) is 6.71. The SMILES string of the molecule is COc1ccc(/C=C/C(=O)N2C[C@@H](CCl)C3C2=CC(O)c2[nH]c(C)c(CN(C)C)c23)cc1. The number of nitrogens with one attached hydrogen (secondary N) is 1. The van der Waals surface area contributed by atoms with Gasteiger partial charge in [0.05, 0.1) is 12.8 Å². The maximum absolute atomic E-state index is 13.2. The van der Waals surface area contributed by atoms with Crippen molar-refractivity contribution in [2.75, 3.05) is 33.6 Å². The number of hydrogen-bond donors (Lipinski definition) is 2. The molecule has 4 rings (SSSR count). The Labute approximate surface area is 194 Å². The van der Waals surface area contributed by atoms with Crippen LogP contribution in [-0.4, -0.2) is 59.4 Å². The van der Waals surface area contributed by atoms with Crippen LogP contribution in [0.25, 0.3) is 6.08 Å². The lowest BCUT2D eigenvalue weighted by Crippen LogP contribution is -2.27. The number of halogens is 1. The summed E-state index contributed by atoms with van der Waals surface area (Å²) >= 11 is 6.39. The number of hydrogen-bond acceptors (Lipinski definition) is 4. The molecule has 1 amide bonds. The Bertz CT molecular complexity index is 1060. The third-order valence-electron chi connectivity index (χ3n) is 6.32. The van der Waals surface area contributed by atoms with E-state index in [0.29, 0.717) is 12.4 Å². The molecule has 1 aliphatic carbocycles. The molecular weight excluding hydrogens is 426 g/mol. The van der Waals surface area contributed by atoms with Crippen molar-refractivity contribution in [3.8, 4) is 5.75 Å². The number of ether oxygens (including phenoxy) is 1. The molecule has 1 aromatic heterocycles. The molecule has 7 heteroatoms. The van der Waals surface area contributed by atoms with Gasteiger partial charge in [0.1, 0.15) is 11.9 Å². The second-order valence-corrected chi connectivity index (χ2v) is 9.09. The largest absolute Gasteiger partial charge is 0.497 e. The minimum atomic E-state index is -0.777. The van der Waals surface area contributed by atoms with E-state index in [1.807, 2.05) is 45.3 Å². The standard InChI is InChI=1S/C25H30ClN3O3/c1-15-19(14-28(2)3)24-23-17(12-26)13-29(20(23)11-21(30)25(24)27-15)22(31)10-7-16-5-8-18(32-4)9-6-16/h5-11,17,21,23,27,30H,12-14H2,1-4H3/b10-7+/t17-,21?,23?/m1/s1. The van der Waals surface area contributed by atoms with Crippen LogP contribution >= 0.6 is 11.6 Å². The molecule has 2 aromatic rings. The molecule has 170 valence electrons. The molecule has 3 atom stereocenters. The first-order valence-electron chi connectivity index (χ1n) is 10.8. The number of likely N-dealkylation sites (tertiary alicyclic amines) is 1. The highest BCUT2D eigenvalue weighted by Gasteiger charge is 2.45. The van der Waals surface area contributed by atoms with E-state index >= 15 is 0 Å². The zero-order valence-corrected chi connectivity index (χ0v) is 19.7. The minimum Gasteiger partial charge on any atom is -0.497 e. The van der Waals surface area contributed by atoms with Gasteiger partial charge in [-0.1, -0.05) is 12.1 Å². The van der Waals surface area contributed by atoms with E-state index in [0.717, 1.165) is 40.5 Å². The van der Waals surface area contributed by atoms with E-state index < -0.39 is 6.10 Å². The maximum atomic E-state index is 13.2. The Kier molecular flexibility index (Phi) is 6.47. The van der Waals surface area contributed by atoms with Crippen molar-refractivity contribution in [3.63, 3.8) is 0 Å². The molecule has 0 saturated carbocycles. The zero-order valence-electron chi connectivity index (χ0n) is 18.9. The van der Waals surface area contributed by atoms with E-state index in [1.165, 1.54) is 5.56 Å². The molecule has 2 aliphatic rings. The molecule has 2 heterocycles. The Morgan fingerprint density at radius 3 is 2.69 bits per heavy atom. The number of aromatic nitrogens is 1.